The largest absolute Gasteiger partial charge is 0.373 e. The fraction of sp³-hybridized carbons (Fsp3) is 0.424. The molecule has 6 rings (SSSR count). The molecule has 0 spiro atoms. The molecule has 3 heterocycles. The summed E-state index contributed by atoms with van der Waals surface area (Å²) in [5, 5.41) is 8.89. The maximum Gasteiger partial charge on any atom is 0.154 e. The fourth-order valence-electron chi connectivity index (χ4n) is 5.26. The predicted molar refractivity (Wildman–Crippen MR) is 161 cm³/mol. The molecule has 0 radical (unpaired) electrons. The molecule has 0 N–H and O–H groups in total. The summed E-state index contributed by atoms with van der Waals surface area (Å²) >= 11 is 0. The van der Waals surface area contributed by atoms with E-state index in [4.69, 9.17) is 4.74 Å². The number of aromatic nitrogens is 4. The van der Waals surface area contributed by atoms with Crippen molar-refractivity contribution in [2.75, 3.05) is 20.7 Å². The molecule has 1 fully saturated rings. The molecule has 0 saturated heterocycles. The minimum atomic E-state index is -0.378. The molecule has 224 valence electrons. The van der Waals surface area contributed by atoms with E-state index in [1.807, 2.05) is 30.8 Å². The van der Waals surface area contributed by atoms with E-state index < -0.39 is 0 Å². The maximum atomic E-state index is 13.8. The van der Waals surface area contributed by atoms with Crippen LogP contribution in [0.2, 0.25) is 0 Å². The Hall–Kier alpha value is -3.69. The lowest BCUT2D eigenvalue weighted by Gasteiger charge is -2.13. The molecule has 2 unspecified atom stereocenters. The van der Waals surface area contributed by atoms with E-state index in [0.717, 1.165) is 41.7 Å². The van der Waals surface area contributed by atoms with Crippen LogP contribution in [0.5, 0.6) is 0 Å². The predicted octanol–water partition coefficient (Wildman–Crippen LogP) is 6.87. The Morgan fingerprint density at radius 1 is 1.02 bits per heavy atom. The second-order valence-corrected chi connectivity index (χ2v) is 10.6. The quantitative estimate of drug-likeness (QED) is 0.161. The molecule has 2 atom stereocenters. The van der Waals surface area contributed by atoms with Crippen LogP contribution in [0.3, 0.4) is 0 Å². The van der Waals surface area contributed by atoms with E-state index in [2.05, 4.69) is 29.2 Å². The number of carbonyl (C=O) groups is 1. The van der Waals surface area contributed by atoms with Crippen molar-refractivity contribution in [2.45, 2.75) is 65.3 Å². The summed E-state index contributed by atoms with van der Waals surface area (Å²) in [6.45, 7) is 6.45. The number of halogens is 2. The Bertz CT molecular complexity index is 1430. The number of rotatable bonds is 9. The number of aryl methyl sites for hydroxylation is 1. The molecule has 2 aliphatic rings. The highest BCUT2D eigenvalue weighted by molar-refractivity contribution is 5.87. The van der Waals surface area contributed by atoms with Crippen LogP contribution < -0.4 is 0 Å². The van der Waals surface area contributed by atoms with Crippen LogP contribution in [0.1, 0.15) is 55.6 Å². The van der Waals surface area contributed by atoms with Gasteiger partial charge >= 0.3 is 0 Å². The van der Waals surface area contributed by atoms with Crippen molar-refractivity contribution in [1.29, 1.82) is 0 Å². The summed E-state index contributed by atoms with van der Waals surface area (Å²) in [6, 6.07) is 15.6. The first-order chi connectivity index (χ1) is 20.4. The first kappa shape index (κ1) is 31.3. The van der Waals surface area contributed by atoms with Gasteiger partial charge in [0.25, 0.3) is 0 Å². The van der Waals surface area contributed by atoms with E-state index in [-0.39, 0.29) is 11.6 Å². The average molecular weight is 578 g/mol. The van der Waals surface area contributed by atoms with Crippen LogP contribution >= 0.6 is 0 Å². The van der Waals surface area contributed by atoms with Crippen molar-refractivity contribution >= 4 is 6.29 Å². The molecule has 2 aromatic heterocycles. The van der Waals surface area contributed by atoms with Gasteiger partial charge in [-0.25, -0.2) is 8.78 Å². The fourth-order valence-corrected chi connectivity index (χ4v) is 5.26. The van der Waals surface area contributed by atoms with Crippen molar-refractivity contribution in [1.82, 2.24) is 24.5 Å². The second-order valence-electron chi connectivity index (χ2n) is 10.6. The van der Waals surface area contributed by atoms with Crippen molar-refractivity contribution in [3.63, 3.8) is 0 Å². The number of carbonyl (C=O) groups excluding carboxylic acids is 1. The van der Waals surface area contributed by atoms with Crippen molar-refractivity contribution in [3.8, 4) is 22.5 Å². The van der Waals surface area contributed by atoms with E-state index in [1.165, 1.54) is 43.9 Å². The summed E-state index contributed by atoms with van der Waals surface area (Å²) in [4.78, 5) is 13.6. The van der Waals surface area contributed by atoms with Crippen LogP contribution in [-0.2, 0) is 24.4 Å². The summed E-state index contributed by atoms with van der Waals surface area (Å²) in [5.41, 5.74) is 3.75. The Morgan fingerprint density at radius 3 is 2.48 bits per heavy atom. The number of ether oxygens (including phenoxy) is 1. The molecule has 1 aliphatic carbocycles. The Labute approximate surface area is 247 Å². The van der Waals surface area contributed by atoms with Crippen molar-refractivity contribution in [2.24, 2.45) is 5.92 Å². The van der Waals surface area contributed by atoms with Crippen molar-refractivity contribution < 1.29 is 18.3 Å². The molecular weight excluding hydrogens is 536 g/mol. The summed E-state index contributed by atoms with van der Waals surface area (Å²) in [5.74, 6) is 0.318. The topological polar surface area (TPSA) is 65.2 Å². The smallest absolute Gasteiger partial charge is 0.154 e. The lowest BCUT2D eigenvalue weighted by Crippen LogP contribution is -2.17. The third kappa shape index (κ3) is 7.77. The summed E-state index contributed by atoms with van der Waals surface area (Å²) in [6.07, 6.45) is 7.86. The zero-order valence-corrected chi connectivity index (χ0v) is 25.0. The zero-order chi connectivity index (χ0) is 30.1. The molecular formula is C33H41F2N5O2. The average Bonchev–Trinajstić information content (AvgIpc) is 3.48. The zero-order valence-electron chi connectivity index (χ0n) is 25.0. The minimum absolute atomic E-state index is 0.209. The van der Waals surface area contributed by atoms with Gasteiger partial charge in [-0.3, -0.25) is 14.2 Å². The second kappa shape index (κ2) is 15.0. The molecule has 0 amide bonds. The molecule has 2 aromatic carbocycles. The van der Waals surface area contributed by atoms with Crippen molar-refractivity contribution in [3.05, 3.63) is 83.7 Å². The van der Waals surface area contributed by atoms with E-state index in [1.54, 1.807) is 35.0 Å². The highest BCUT2D eigenvalue weighted by atomic mass is 19.1. The Morgan fingerprint density at radius 2 is 1.79 bits per heavy atom. The Kier molecular flexibility index (Phi) is 11.1. The van der Waals surface area contributed by atoms with Gasteiger partial charge in [-0.2, -0.15) is 10.2 Å². The summed E-state index contributed by atoms with van der Waals surface area (Å²) < 4.78 is 35.7. The first-order valence-electron chi connectivity index (χ1n) is 14.8. The van der Waals surface area contributed by atoms with E-state index >= 15 is 0 Å². The molecule has 1 aliphatic heterocycles. The van der Waals surface area contributed by atoms with Gasteiger partial charge in [0.05, 0.1) is 36.7 Å². The lowest BCUT2D eigenvalue weighted by atomic mass is 10.1. The SMILES string of the molecule is CC.CN(C)C1CC1CCCCn1ccc(-c2ccc(F)cc2)n1.O=Cc1c(-c2ccccc2F)nn2c1COCC2. The number of hydrogen-bond acceptors (Lipinski definition) is 5. The number of unbranched alkanes of at least 4 members (excludes halogenated alkanes) is 1. The Balaban J connectivity index is 0.000000185. The van der Waals surface area contributed by atoms with Gasteiger partial charge in [0.1, 0.15) is 17.3 Å². The van der Waals surface area contributed by atoms with Crippen LogP contribution in [-0.4, -0.2) is 57.5 Å². The highest BCUT2D eigenvalue weighted by Crippen LogP contribution is 2.38. The standard InChI is InChI=1S/C18H24FN3.C13H11FN2O2.C2H6/c1-21(2)18-13-15(18)5-3-4-11-22-12-10-17(20-22)14-6-8-16(19)9-7-14;14-11-4-2-1-3-9(11)13-10(7-17)12-8-18-6-5-16(12)15-13;1-2/h6-10,12,15,18H,3-5,11,13H2,1-2H3;1-4,7H,5-6,8H2;1-2H3. The summed E-state index contributed by atoms with van der Waals surface area (Å²) in [7, 11) is 4.34. The van der Waals surface area contributed by atoms with Gasteiger partial charge in [-0.05, 0) is 81.7 Å². The lowest BCUT2D eigenvalue weighted by molar-refractivity contribution is 0.0789. The molecule has 0 bridgehead atoms. The van der Waals surface area contributed by atoms with Gasteiger partial charge in [0.2, 0.25) is 0 Å². The van der Waals surface area contributed by atoms with Gasteiger partial charge in [0, 0.05) is 29.9 Å². The number of nitrogens with zero attached hydrogens (tertiary/aromatic N) is 5. The van der Waals surface area contributed by atoms with Crippen LogP contribution in [0.15, 0.2) is 60.8 Å². The van der Waals surface area contributed by atoms with Crippen LogP contribution in [0.25, 0.3) is 22.5 Å². The minimum Gasteiger partial charge on any atom is -0.373 e. The number of benzene rings is 2. The third-order valence-corrected chi connectivity index (χ3v) is 7.57. The number of hydrogen-bond donors (Lipinski definition) is 0. The molecule has 1 saturated carbocycles. The number of fused-ring (bicyclic) bond motifs is 1. The van der Waals surface area contributed by atoms with Gasteiger partial charge in [0.15, 0.2) is 6.29 Å². The van der Waals surface area contributed by atoms with Gasteiger partial charge in [-0.15, -0.1) is 0 Å². The van der Waals surface area contributed by atoms with E-state index in [9.17, 15) is 13.6 Å². The molecule has 9 heteroatoms. The molecule has 4 aromatic rings. The number of aldehydes is 1. The van der Waals surface area contributed by atoms with E-state index in [0.29, 0.717) is 36.6 Å². The molecule has 42 heavy (non-hydrogen) atoms. The van der Waals surface area contributed by atoms with Gasteiger partial charge in [-0.1, -0.05) is 32.4 Å². The monoisotopic (exact) mass is 577 g/mol. The highest BCUT2D eigenvalue weighted by Gasteiger charge is 2.37. The first-order valence-corrected chi connectivity index (χ1v) is 14.8. The van der Waals surface area contributed by atoms with Crippen LogP contribution in [0, 0.1) is 17.6 Å². The van der Waals surface area contributed by atoms with Gasteiger partial charge < -0.3 is 9.64 Å². The normalized spacial score (nSPS) is 17.0. The molecule has 7 nitrogen and oxygen atoms in total. The third-order valence-electron chi connectivity index (χ3n) is 7.57. The maximum absolute atomic E-state index is 13.8. The van der Waals surface area contributed by atoms with Crippen LogP contribution in [0.4, 0.5) is 8.78 Å².